The third-order valence-corrected chi connectivity index (χ3v) is 3.94. The predicted octanol–water partition coefficient (Wildman–Crippen LogP) is 1.11. The Morgan fingerprint density at radius 3 is 2.67 bits per heavy atom. The molecule has 0 heterocycles. The molecule has 2 N–H and O–H groups in total. The minimum absolute atomic E-state index is 0.0739. The molecule has 0 aliphatic rings. The van der Waals surface area contributed by atoms with E-state index in [0.29, 0.717) is 17.7 Å². The van der Waals surface area contributed by atoms with Crippen LogP contribution < -0.4 is 4.72 Å². The third kappa shape index (κ3) is 3.94. The maximum absolute atomic E-state index is 13.0. The summed E-state index contributed by atoms with van der Waals surface area (Å²) in [5.74, 6) is -0.383. The Morgan fingerprint density at radius 1 is 1.44 bits per heavy atom. The number of aliphatic hydroxyl groups is 1. The van der Waals surface area contributed by atoms with Crippen molar-refractivity contribution in [1.82, 2.24) is 4.31 Å². The molecule has 0 aliphatic carbocycles. The van der Waals surface area contributed by atoms with E-state index in [1.165, 1.54) is 25.2 Å². The van der Waals surface area contributed by atoms with Crippen LogP contribution in [-0.4, -0.2) is 38.0 Å². The van der Waals surface area contributed by atoms with Crippen LogP contribution >= 0.6 is 0 Å². The summed E-state index contributed by atoms with van der Waals surface area (Å²) in [5, 5.41) is 8.65. The number of benzene rings is 1. The molecule has 0 amide bonds. The van der Waals surface area contributed by atoms with Gasteiger partial charge in [-0.05, 0) is 37.1 Å². The first-order chi connectivity index (χ1) is 8.36. The first kappa shape index (κ1) is 14.9. The van der Waals surface area contributed by atoms with Gasteiger partial charge in [0.1, 0.15) is 5.82 Å². The topological polar surface area (TPSA) is 69.6 Å². The van der Waals surface area contributed by atoms with E-state index in [2.05, 4.69) is 4.72 Å². The summed E-state index contributed by atoms with van der Waals surface area (Å²) in [6.07, 6.45) is 0.361. The maximum Gasteiger partial charge on any atom is 0.301 e. The maximum atomic E-state index is 13.0. The van der Waals surface area contributed by atoms with Gasteiger partial charge in [-0.2, -0.15) is 12.7 Å². The zero-order chi connectivity index (χ0) is 13.8. The number of rotatable bonds is 6. The van der Waals surface area contributed by atoms with Crippen molar-refractivity contribution in [3.8, 4) is 0 Å². The van der Waals surface area contributed by atoms with Gasteiger partial charge in [-0.3, -0.25) is 4.72 Å². The lowest BCUT2D eigenvalue weighted by Gasteiger charge is -2.18. The normalized spacial score (nSPS) is 11.8. The van der Waals surface area contributed by atoms with Crippen LogP contribution in [0, 0.1) is 12.7 Å². The van der Waals surface area contributed by atoms with Gasteiger partial charge >= 0.3 is 10.2 Å². The summed E-state index contributed by atoms with van der Waals surface area (Å²) in [7, 11) is -2.25. The van der Waals surface area contributed by atoms with Crippen LogP contribution in [0.5, 0.6) is 0 Å². The lowest BCUT2D eigenvalue weighted by atomic mass is 10.2. The Bertz CT molecular complexity index is 505. The molecule has 0 atom stereocenters. The summed E-state index contributed by atoms with van der Waals surface area (Å²) >= 11 is 0. The zero-order valence-electron chi connectivity index (χ0n) is 10.4. The second kappa shape index (κ2) is 6.12. The van der Waals surface area contributed by atoms with Gasteiger partial charge in [0.25, 0.3) is 0 Å². The molecular formula is C11H17FN2O3S. The Hall–Kier alpha value is -1.18. The molecule has 0 saturated carbocycles. The highest BCUT2D eigenvalue weighted by Crippen LogP contribution is 2.15. The van der Waals surface area contributed by atoms with E-state index in [1.807, 2.05) is 0 Å². The number of hydrogen-bond acceptors (Lipinski definition) is 3. The molecule has 18 heavy (non-hydrogen) atoms. The Labute approximate surface area is 106 Å². The molecule has 0 bridgehead atoms. The highest BCUT2D eigenvalue weighted by molar-refractivity contribution is 7.90. The van der Waals surface area contributed by atoms with Gasteiger partial charge in [-0.25, -0.2) is 4.39 Å². The summed E-state index contributed by atoms with van der Waals surface area (Å²) in [4.78, 5) is 0. The molecule has 0 unspecified atom stereocenters. The second-order valence-corrected chi connectivity index (χ2v) is 5.75. The second-order valence-electron chi connectivity index (χ2n) is 3.97. The third-order valence-electron chi connectivity index (χ3n) is 2.45. The molecule has 0 saturated heterocycles. The van der Waals surface area contributed by atoms with Crippen LogP contribution in [0.4, 0.5) is 10.1 Å². The number of hydrogen-bond donors (Lipinski definition) is 2. The van der Waals surface area contributed by atoms with Crippen LogP contribution in [0.2, 0.25) is 0 Å². The molecule has 0 radical (unpaired) electrons. The van der Waals surface area contributed by atoms with Crippen molar-refractivity contribution >= 4 is 15.9 Å². The summed E-state index contributed by atoms with van der Waals surface area (Å²) < 4.78 is 40.2. The fraction of sp³-hybridized carbons (Fsp3) is 0.455. The SMILES string of the molecule is Cc1cc(NS(=O)(=O)N(C)CCCO)ccc1F. The van der Waals surface area contributed by atoms with E-state index >= 15 is 0 Å². The first-order valence-corrected chi connectivity index (χ1v) is 6.92. The van der Waals surface area contributed by atoms with Crippen LogP contribution in [0.15, 0.2) is 18.2 Å². The van der Waals surface area contributed by atoms with Crippen molar-refractivity contribution in [2.45, 2.75) is 13.3 Å². The van der Waals surface area contributed by atoms with Crippen molar-refractivity contribution in [3.05, 3.63) is 29.6 Å². The number of nitrogens with zero attached hydrogens (tertiary/aromatic N) is 1. The quantitative estimate of drug-likeness (QED) is 0.817. The van der Waals surface area contributed by atoms with Crippen molar-refractivity contribution in [1.29, 1.82) is 0 Å². The van der Waals surface area contributed by atoms with Crippen molar-refractivity contribution in [2.24, 2.45) is 0 Å². The van der Waals surface area contributed by atoms with Crippen LogP contribution in [0.1, 0.15) is 12.0 Å². The summed E-state index contributed by atoms with van der Waals surface area (Å²) in [6, 6.07) is 3.99. The van der Waals surface area contributed by atoms with Crippen LogP contribution in [0.3, 0.4) is 0 Å². The zero-order valence-corrected chi connectivity index (χ0v) is 11.2. The molecule has 1 aromatic carbocycles. The molecule has 0 spiro atoms. The van der Waals surface area contributed by atoms with Crippen molar-refractivity contribution in [2.75, 3.05) is 24.9 Å². The van der Waals surface area contributed by atoms with Crippen molar-refractivity contribution in [3.63, 3.8) is 0 Å². The van der Waals surface area contributed by atoms with Crippen molar-refractivity contribution < 1.29 is 17.9 Å². The van der Waals surface area contributed by atoms with Gasteiger partial charge in [0, 0.05) is 20.2 Å². The highest BCUT2D eigenvalue weighted by atomic mass is 32.2. The van der Waals surface area contributed by atoms with Gasteiger partial charge in [0.2, 0.25) is 0 Å². The average molecular weight is 276 g/mol. The number of anilines is 1. The molecular weight excluding hydrogens is 259 g/mol. The van der Waals surface area contributed by atoms with Crippen LogP contribution in [-0.2, 0) is 10.2 Å². The lowest BCUT2D eigenvalue weighted by molar-refractivity contribution is 0.276. The van der Waals surface area contributed by atoms with E-state index in [1.54, 1.807) is 6.92 Å². The number of aliphatic hydroxyl groups excluding tert-OH is 1. The summed E-state index contributed by atoms with van der Waals surface area (Å²) in [6.45, 7) is 1.70. The lowest BCUT2D eigenvalue weighted by Crippen LogP contribution is -2.33. The fourth-order valence-corrected chi connectivity index (χ4v) is 2.30. The molecule has 5 nitrogen and oxygen atoms in total. The van der Waals surface area contributed by atoms with Gasteiger partial charge in [0.05, 0.1) is 5.69 Å². The standard InChI is InChI=1S/C11H17FN2O3S/c1-9-8-10(4-5-11(9)12)13-18(16,17)14(2)6-3-7-15/h4-5,8,13,15H,3,6-7H2,1-2H3. The smallest absolute Gasteiger partial charge is 0.301 e. The van der Waals surface area contributed by atoms with Gasteiger partial charge in [-0.1, -0.05) is 0 Å². The average Bonchev–Trinajstić information content (AvgIpc) is 2.30. The highest BCUT2D eigenvalue weighted by Gasteiger charge is 2.17. The van der Waals surface area contributed by atoms with Gasteiger partial charge in [-0.15, -0.1) is 0 Å². The molecule has 1 aromatic rings. The van der Waals surface area contributed by atoms with Gasteiger partial charge in [0.15, 0.2) is 0 Å². The number of nitrogens with one attached hydrogen (secondary N) is 1. The molecule has 102 valence electrons. The van der Waals surface area contributed by atoms with E-state index in [4.69, 9.17) is 5.11 Å². The van der Waals surface area contributed by atoms with E-state index in [-0.39, 0.29) is 19.0 Å². The molecule has 0 aliphatic heterocycles. The summed E-state index contributed by atoms with van der Waals surface area (Å²) in [5.41, 5.74) is 0.679. The minimum atomic E-state index is -3.67. The largest absolute Gasteiger partial charge is 0.396 e. The number of aryl methyl sites for hydroxylation is 1. The molecule has 0 aromatic heterocycles. The Kier molecular flexibility index (Phi) is 5.06. The monoisotopic (exact) mass is 276 g/mol. The Balaban J connectivity index is 2.78. The van der Waals surface area contributed by atoms with Crippen LogP contribution in [0.25, 0.3) is 0 Å². The van der Waals surface area contributed by atoms with Gasteiger partial charge < -0.3 is 5.11 Å². The minimum Gasteiger partial charge on any atom is -0.396 e. The van der Waals surface area contributed by atoms with E-state index in [9.17, 15) is 12.8 Å². The fourth-order valence-electron chi connectivity index (χ4n) is 1.35. The Morgan fingerprint density at radius 2 is 2.11 bits per heavy atom. The van der Waals surface area contributed by atoms with E-state index < -0.39 is 10.2 Å². The predicted molar refractivity (Wildman–Crippen MR) is 68.0 cm³/mol. The van der Waals surface area contributed by atoms with E-state index in [0.717, 1.165) is 4.31 Å². The molecule has 1 rings (SSSR count). The molecule has 7 heteroatoms. The number of halogens is 1. The first-order valence-electron chi connectivity index (χ1n) is 5.48. The molecule has 0 fully saturated rings.